The van der Waals surface area contributed by atoms with Crippen LogP contribution in [0.5, 0.6) is 0 Å². The van der Waals surface area contributed by atoms with Gasteiger partial charge in [0.25, 0.3) is 0 Å². The van der Waals surface area contributed by atoms with Crippen LogP contribution in [0.25, 0.3) is 0 Å². The van der Waals surface area contributed by atoms with Crippen molar-refractivity contribution >= 4 is 5.91 Å². The molecule has 130 valence electrons. The molecular weight excluding hydrogens is 307 g/mol. The van der Waals surface area contributed by atoms with Gasteiger partial charge in [0.05, 0.1) is 5.69 Å². The van der Waals surface area contributed by atoms with E-state index < -0.39 is 6.04 Å². The third-order valence-electron chi connectivity index (χ3n) is 4.22. The molecule has 0 aliphatic heterocycles. The highest BCUT2D eigenvalue weighted by Crippen LogP contribution is 2.20. The summed E-state index contributed by atoms with van der Waals surface area (Å²) in [7, 11) is 3.67. The number of carbonyl (C=O) groups is 1. The van der Waals surface area contributed by atoms with Crippen LogP contribution in [0.15, 0.2) is 24.3 Å². The first-order chi connectivity index (χ1) is 11.3. The average molecular weight is 332 g/mol. The molecule has 1 unspecified atom stereocenters. The van der Waals surface area contributed by atoms with Gasteiger partial charge in [-0.25, -0.2) is 4.39 Å². The lowest BCUT2D eigenvalue weighted by Crippen LogP contribution is -2.36. The van der Waals surface area contributed by atoms with Crippen LogP contribution in [0.4, 0.5) is 4.39 Å². The summed E-state index contributed by atoms with van der Waals surface area (Å²) in [6, 6.07) is 5.57. The van der Waals surface area contributed by atoms with Crippen LogP contribution in [-0.2, 0) is 17.9 Å². The normalized spacial score (nSPS) is 12.5. The molecule has 0 saturated heterocycles. The molecule has 1 aromatic heterocycles. The molecule has 0 radical (unpaired) electrons. The molecule has 0 aliphatic rings. The van der Waals surface area contributed by atoms with Crippen molar-refractivity contribution in [2.75, 3.05) is 14.1 Å². The topological polar surface area (TPSA) is 50.2 Å². The smallest absolute Gasteiger partial charge is 0.242 e. The Labute approximate surface area is 142 Å². The van der Waals surface area contributed by atoms with Crippen molar-refractivity contribution < 1.29 is 9.18 Å². The van der Waals surface area contributed by atoms with Gasteiger partial charge in [-0.3, -0.25) is 14.4 Å². The summed E-state index contributed by atoms with van der Waals surface area (Å²) in [5.74, 6) is -0.426. The number of aryl methyl sites for hydroxylation is 2. The highest BCUT2D eigenvalue weighted by Gasteiger charge is 2.23. The number of rotatable bonds is 6. The Hall–Kier alpha value is -2.21. The van der Waals surface area contributed by atoms with Crippen molar-refractivity contribution in [2.24, 2.45) is 0 Å². The fourth-order valence-corrected chi connectivity index (χ4v) is 2.90. The second kappa shape index (κ2) is 7.57. The van der Waals surface area contributed by atoms with Gasteiger partial charge in [0.2, 0.25) is 5.91 Å². The molecule has 0 spiro atoms. The first kappa shape index (κ1) is 18.1. The van der Waals surface area contributed by atoms with Gasteiger partial charge >= 0.3 is 0 Å². The second-order valence-corrected chi connectivity index (χ2v) is 6.10. The highest BCUT2D eigenvalue weighted by atomic mass is 19.1. The van der Waals surface area contributed by atoms with Crippen LogP contribution in [-0.4, -0.2) is 34.7 Å². The van der Waals surface area contributed by atoms with E-state index in [0.717, 1.165) is 29.1 Å². The summed E-state index contributed by atoms with van der Waals surface area (Å²) in [6.07, 6.45) is 0. The Balaban J connectivity index is 2.14. The standard InChI is InChI=1S/C18H25FN4O/c1-6-23-13(3)16(12(2)21-23)11-20-18(24)17(22(4)5)14-7-9-15(19)10-8-14/h7-10,17H,6,11H2,1-5H3,(H,20,24). The predicted octanol–water partition coefficient (Wildman–Crippen LogP) is 2.58. The Morgan fingerprint density at radius 2 is 1.92 bits per heavy atom. The molecule has 6 heteroatoms. The number of nitrogens with one attached hydrogen (secondary N) is 1. The van der Waals surface area contributed by atoms with Gasteiger partial charge in [-0.15, -0.1) is 0 Å². The minimum Gasteiger partial charge on any atom is -0.350 e. The maximum Gasteiger partial charge on any atom is 0.242 e. The molecule has 1 aromatic carbocycles. The van der Waals surface area contributed by atoms with Crippen LogP contribution < -0.4 is 5.32 Å². The van der Waals surface area contributed by atoms with E-state index in [1.54, 1.807) is 12.1 Å². The maximum absolute atomic E-state index is 13.1. The molecule has 1 amide bonds. The molecule has 5 nitrogen and oxygen atoms in total. The van der Waals surface area contributed by atoms with Crippen molar-refractivity contribution in [2.45, 2.75) is 39.9 Å². The van der Waals surface area contributed by atoms with Gasteiger partial charge in [0.1, 0.15) is 11.9 Å². The lowest BCUT2D eigenvalue weighted by molar-refractivity contribution is -0.125. The molecule has 0 aliphatic carbocycles. The zero-order valence-corrected chi connectivity index (χ0v) is 14.9. The summed E-state index contributed by atoms with van der Waals surface area (Å²) < 4.78 is 15.1. The number of likely N-dealkylation sites (N-methyl/N-ethyl adjacent to an activating group) is 1. The summed E-state index contributed by atoms with van der Waals surface area (Å²) in [5, 5.41) is 7.45. The number of carbonyl (C=O) groups excluding carboxylic acids is 1. The summed E-state index contributed by atoms with van der Waals surface area (Å²) in [4.78, 5) is 14.5. The minimum absolute atomic E-state index is 0.116. The fraction of sp³-hybridized carbons (Fsp3) is 0.444. The van der Waals surface area contributed by atoms with Crippen LogP contribution in [0.1, 0.15) is 35.5 Å². The molecule has 1 N–H and O–H groups in total. The number of hydrogen-bond donors (Lipinski definition) is 1. The van der Waals surface area contributed by atoms with Crippen molar-refractivity contribution in [1.29, 1.82) is 0 Å². The lowest BCUT2D eigenvalue weighted by Gasteiger charge is -2.24. The van der Waals surface area contributed by atoms with Gasteiger partial charge in [0.15, 0.2) is 0 Å². The average Bonchev–Trinajstić information content (AvgIpc) is 2.81. The first-order valence-corrected chi connectivity index (χ1v) is 8.07. The molecule has 1 atom stereocenters. The first-order valence-electron chi connectivity index (χ1n) is 8.07. The molecule has 0 fully saturated rings. The van der Waals surface area contributed by atoms with E-state index in [2.05, 4.69) is 10.4 Å². The zero-order valence-electron chi connectivity index (χ0n) is 14.9. The largest absolute Gasteiger partial charge is 0.350 e. The van der Waals surface area contributed by atoms with Crippen LogP contribution in [0, 0.1) is 19.7 Å². The van der Waals surface area contributed by atoms with E-state index in [0.29, 0.717) is 6.54 Å². The number of nitrogens with zero attached hydrogens (tertiary/aromatic N) is 3. The fourth-order valence-electron chi connectivity index (χ4n) is 2.90. The van der Waals surface area contributed by atoms with Crippen LogP contribution in [0.3, 0.4) is 0 Å². The van der Waals surface area contributed by atoms with E-state index in [1.807, 2.05) is 44.4 Å². The zero-order chi connectivity index (χ0) is 17.9. The lowest BCUT2D eigenvalue weighted by atomic mass is 10.0. The van der Waals surface area contributed by atoms with E-state index in [-0.39, 0.29) is 11.7 Å². The monoisotopic (exact) mass is 332 g/mol. The van der Waals surface area contributed by atoms with Crippen molar-refractivity contribution in [3.63, 3.8) is 0 Å². The van der Waals surface area contributed by atoms with E-state index in [1.165, 1.54) is 12.1 Å². The van der Waals surface area contributed by atoms with Gasteiger partial charge in [-0.1, -0.05) is 12.1 Å². The van der Waals surface area contributed by atoms with E-state index in [9.17, 15) is 9.18 Å². The van der Waals surface area contributed by atoms with Gasteiger partial charge in [-0.2, -0.15) is 5.10 Å². The number of aromatic nitrogens is 2. The minimum atomic E-state index is -0.465. The SMILES string of the molecule is CCn1nc(C)c(CNC(=O)C(c2ccc(F)cc2)N(C)C)c1C. The van der Waals surface area contributed by atoms with Crippen molar-refractivity contribution in [3.8, 4) is 0 Å². The van der Waals surface area contributed by atoms with Gasteiger partial charge in [0, 0.05) is 24.3 Å². The second-order valence-electron chi connectivity index (χ2n) is 6.10. The molecule has 0 saturated carbocycles. The Kier molecular flexibility index (Phi) is 5.72. The molecule has 2 rings (SSSR count). The highest BCUT2D eigenvalue weighted by molar-refractivity contribution is 5.83. The summed E-state index contributed by atoms with van der Waals surface area (Å²) in [5.41, 5.74) is 3.80. The molecule has 0 bridgehead atoms. The van der Waals surface area contributed by atoms with Crippen molar-refractivity contribution in [1.82, 2.24) is 20.0 Å². The third kappa shape index (κ3) is 3.82. The Morgan fingerprint density at radius 1 is 1.29 bits per heavy atom. The van der Waals surface area contributed by atoms with Gasteiger partial charge in [-0.05, 0) is 52.6 Å². The molecule has 2 aromatic rings. The van der Waals surface area contributed by atoms with Crippen molar-refractivity contribution in [3.05, 3.63) is 52.6 Å². The molecule has 1 heterocycles. The number of benzene rings is 1. The summed E-state index contributed by atoms with van der Waals surface area (Å²) >= 11 is 0. The van der Waals surface area contributed by atoms with E-state index >= 15 is 0 Å². The van der Waals surface area contributed by atoms with Crippen LogP contribution in [0.2, 0.25) is 0 Å². The number of halogens is 1. The number of hydrogen-bond acceptors (Lipinski definition) is 3. The molecular formula is C18H25FN4O. The van der Waals surface area contributed by atoms with Gasteiger partial charge < -0.3 is 5.32 Å². The predicted molar refractivity (Wildman–Crippen MR) is 92.0 cm³/mol. The summed E-state index contributed by atoms with van der Waals surface area (Å²) in [6.45, 7) is 7.23. The Bertz CT molecular complexity index is 707. The molecule has 24 heavy (non-hydrogen) atoms. The Morgan fingerprint density at radius 3 is 2.42 bits per heavy atom. The van der Waals surface area contributed by atoms with E-state index in [4.69, 9.17) is 0 Å². The quantitative estimate of drug-likeness (QED) is 0.884. The third-order valence-corrected chi connectivity index (χ3v) is 4.22. The van der Waals surface area contributed by atoms with Crippen LogP contribution >= 0.6 is 0 Å². The maximum atomic E-state index is 13.1. The number of amides is 1.